The van der Waals surface area contributed by atoms with Gasteiger partial charge in [-0.25, -0.2) is 0 Å². The number of anilines is 1. The zero-order chi connectivity index (χ0) is 19.1. The average Bonchev–Trinajstić information content (AvgIpc) is 3.22. The Labute approximate surface area is 161 Å². The van der Waals surface area contributed by atoms with Crippen LogP contribution in [0.25, 0.3) is 0 Å². The lowest BCUT2D eigenvalue weighted by molar-refractivity contribution is -0.918. The molecule has 1 aliphatic rings. The smallest absolute Gasteiger partial charge is 0.258 e. The molecule has 0 aliphatic carbocycles. The number of amides is 1. The lowest BCUT2D eigenvalue weighted by atomic mass is 10.0. The zero-order valence-electron chi connectivity index (χ0n) is 16.3. The number of hydrogen-bond donors (Lipinski definition) is 2. The van der Waals surface area contributed by atoms with Crippen LogP contribution in [0.15, 0.2) is 54.6 Å². The van der Waals surface area contributed by atoms with Gasteiger partial charge in [0.2, 0.25) is 0 Å². The summed E-state index contributed by atoms with van der Waals surface area (Å²) in [5.74, 6) is 0.640. The number of para-hydroxylation sites is 1. The summed E-state index contributed by atoms with van der Waals surface area (Å²) in [5.41, 5.74) is 2.47. The molecule has 1 saturated heterocycles. The van der Waals surface area contributed by atoms with Crippen molar-refractivity contribution in [3.05, 3.63) is 60.2 Å². The van der Waals surface area contributed by atoms with Gasteiger partial charge in [0.05, 0.1) is 19.6 Å². The minimum absolute atomic E-state index is 0.0473. The highest BCUT2D eigenvalue weighted by Gasteiger charge is 2.27. The van der Waals surface area contributed by atoms with Crippen LogP contribution in [-0.4, -0.2) is 46.2 Å². The molecule has 5 heteroatoms. The van der Waals surface area contributed by atoms with Crippen LogP contribution in [0.2, 0.25) is 0 Å². The molecule has 1 amide bonds. The van der Waals surface area contributed by atoms with Crippen LogP contribution in [0.1, 0.15) is 24.4 Å². The van der Waals surface area contributed by atoms with Gasteiger partial charge in [-0.05, 0) is 24.3 Å². The van der Waals surface area contributed by atoms with E-state index in [4.69, 9.17) is 4.74 Å². The van der Waals surface area contributed by atoms with Crippen molar-refractivity contribution in [1.82, 2.24) is 5.32 Å². The molecule has 27 heavy (non-hydrogen) atoms. The lowest BCUT2D eigenvalue weighted by Crippen LogP contribution is -3.11. The molecule has 0 spiro atoms. The van der Waals surface area contributed by atoms with Gasteiger partial charge in [0, 0.05) is 38.2 Å². The molecule has 2 aromatic carbocycles. The first-order valence-electron chi connectivity index (χ1n) is 9.70. The van der Waals surface area contributed by atoms with Crippen LogP contribution in [-0.2, 0) is 4.79 Å². The third kappa shape index (κ3) is 5.47. The van der Waals surface area contributed by atoms with E-state index in [1.165, 1.54) is 24.1 Å². The lowest BCUT2D eigenvalue weighted by Gasteiger charge is -2.26. The third-order valence-corrected chi connectivity index (χ3v) is 5.17. The Kier molecular flexibility index (Phi) is 6.71. The second kappa shape index (κ2) is 9.42. The maximum absolute atomic E-state index is 12.3. The number of hydrogen-bond acceptors (Lipinski definition) is 3. The van der Waals surface area contributed by atoms with Gasteiger partial charge < -0.3 is 19.9 Å². The Bertz CT molecular complexity index is 710. The van der Waals surface area contributed by atoms with E-state index >= 15 is 0 Å². The fourth-order valence-electron chi connectivity index (χ4n) is 3.61. The molecule has 2 N–H and O–H groups in total. The Balaban J connectivity index is 1.59. The number of nitrogens with one attached hydrogen (secondary N) is 2. The molecular formula is C22H30N3O2+. The van der Waals surface area contributed by atoms with E-state index in [1.807, 2.05) is 44.4 Å². The van der Waals surface area contributed by atoms with Crippen molar-refractivity contribution in [2.45, 2.75) is 18.9 Å². The highest BCUT2D eigenvalue weighted by Crippen LogP contribution is 2.17. The maximum atomic E-state index is 12.3. The summed E-state index contributed by atoms with van der Waals surface area (Å²) in [7, 11) is 4.09. The molecule has 1 atom stereocenters. The Morgan fingerprint density at radius 2 is 1.74 bits per heavy atom. The number of likely N-dealkylation sites (tertiary alicyclic amines) is 1. The SMILES string of the molecule is CN(C)c1ccc([C@H](CNC(=O)COc2ccccc2)[NH+]2CCCC2)cc1. The molecule has 0 bridgehead atoms. The molecule has 1 aliphatic heterocycles. The highest BCUT2D eigenvalue weighted by molar-refractivity contribution is 5.77. The van der Waals surface area contributed by atoms with Crippen LogP contribution in [0.3, 0.4) is 0 Å². The monoisotopic (exact) mass is 368 g/mol. The van der Waals surface area contributed by atoms with Crippen molar-refractivity contribution in [2.75, 3.05) is 45.2 Å². The maximum Gasteiger partial charge on any atom is 0.258 e. The van der Waals surface area contributed by atoms with Gasteiger partial charge in [0.15, 0.2) is 6.61 Å². The molecule has 1 fully saturated rings. The second-order valence-corrected chi connectivity index (χ2v) is 7.31. The van der Waals surface area contributed by atoms with Gasteiger partial charge >= 0.3 is 0 Å². The van der Waals surface area contributed by atoms with E-state index in [0.717, 1.165) is 13.1 Å². The first-order valence-corrected chi connectivity index (χ1v) is 9.70. The Morgan fingerprint density at radius 3 is 2.37 bits per heavy atom. The van der Waals surface area contributed by atoms with E-state index in [0.29, 0.717) is 12.3 Å². The summed E-state index contributed by atoms with van der Waals surface area (Å²) in [6.45, 7) is 3.01. The van der Waals surface area contributed by atoms with E-state index in [-0.39, 0.29) is 18.6 Å². The van der Waals surface area contributed by atoms with E-state index < -0.39 is 0 Å². The van der Waals surface area contributed by atoms with Crippen LogP contribution in [0.5, 0.6) is 5.75 Å². The van der Waals surface area contributed by atoms with Crippen molar-refractivity contribution in [3.8, 4) is 5.75 Å². The van der Waals surface area contributed by atoms with Crippen LogP contribution < -0.4 is 19.9 Å². The van der Waals surface area contributed by atoms with Crippen molar-refractivity contribution < 1.29 is 14.4 Å². The fraction of sp³-hybridized carbons (Fsp3) is 0.409. The van der Waals surface area contributed by atoms with Gasteiger partial charge in [-0.15, -0.1) is 0 Å². The first kappa shape index (κ1) is 19.2. The largest absolute Gasteiger partial charge is 0.484 e. The van der Waals surface area contributed by atoms with Crippen molar-refractivity contribution in [3.63, 3.8) is 0 Å². The van der Waals surface area contributed by atoms with Crippen molar-refractivity contribution in [2.24, 2.45) is 0 Å². The Hall–Kier alpha value is -2.53. The quantitative estimate of drug-likeness (QED) is 0.745. The Morgan fingerprint density at radius 1 is 1.07 bits per heavy atom. The molecule has 2 aromatic rings. The number of nitrogens with zero attached hydrogens (tertiary/aromatic N) is 1. The van der Waals surface area contributed by atoms with Gasteiger partial charge in [-0.3, -0.25) is 4.79 Å². The minimum Gasteiger partial charge on any atom is -0.484 e. The number of rotatable bonds is 8. The molecule has 0 saturated carbocycles. The van der Waals surface area contributed by atoms with E-state index in [2.05, 4.69) is 34.5 Å². The summed E-state index contributed by atoms with van der Waals surface area (Å²) in [6.07, 6.45) is 2.51. The summed E-state index contributed by atoms with van der Waals surface area (Å²) in [6, 6.07) is 18.4. The second-order valence-electron chi connectivity index (χ2n) is 7.31. The number of carbonyl (C=O) groups is 1. The molecule has 0 aromatic heterocycles. The fourth-order valence-corrected chi connectivity index (χ4v) is 3.61. The molecule has 144 valence electrons. The first-order chi connectivity index (χ1) is 13.1. The standard InChI is InChI=1S/C22H29N3O2/c1-24(2)19-12-10-18(11-13-19)21(25-14-6-7-15-25)16-23-22(26)17-27-20-8-4-3-5-9-20/h3-5,8-13,21H,6-7,14-17H2,1-2H3,(H,23,26)/p+1/t21-/m0/s1. The molecular weight excluding hydrogens is 338 g/mol. The van der Waals surface area contributed by atoms with Crippen LogP contribution in [0.4, 0.5) is 5.69 Å². The minimum atomic E-state index is -0.0765. The molecule has 3 rings (SSSR count). The van der Waals surface area contributed by atoms with E-state index in [9.17, 15) is 4.79 Å². The molecule has 5 nitrogen and oxygen atoms in total. The van der Waals surface area contributed by atoms with Gasteiger partial charge in [-0.2, -0.15) is 0 Å². The summed E-state index contributed by atoms with van der Waals surface area (Å²) < 4.78 is 5.55. The summed E-state index contributed by atoms with van der Waals surface area (Å²) >= 11 is 0. The number of ether oxygens (including phenoxy) is 1. The normalized spacial score (nSPS) is 15.3. The summed E-state index contributed by atoms with van der Waals surface area (Å²) in [4.78, 5) is 15.9. The zero-order valence-corrected chi connectivity index (χ0v) is 16.3. The molecule has 0 unspecified atom stereocenters. The predicted molar refractivity (Wildman–Crippen MR) is 108 cm³/mol. The highest BCUT2D eigenvalue weighted by atomic mass is 16.5. The topological polar surface area (TPSA) is 46.0 Å². The van der Waals surface area contributed by atoms with Gasteiger partial charge in [0.1, 0.15) is 11.8 Å². The summed E-state index contributed by atoms with van der Waals surface area (Å²) in [5, 5.41) is 3.07. The molecule has 0 radical (unpaired) electrons. The predicted octanol–water partition coefficient (Wildman–Crippen LogP) is 1.67. The van der Waals surface area contributed by atoms with Crippen molar-refractivity contribution >= 4 is 11.6 Å². The van der Waals surface area contributed by atoms with Crippen LogP contribution in [0, 0.1) is 0 Å². The van der Waals surface area contributed by atoms with Crippen molar-refractivity contribution in [1.29, 1.82) is 0 Å². The van der Waals surface area contributed by atoms with Gasteiger partial charge in [-0.1, -0.05) is 30.3 Å². The average molecular weight is 369 g/mol. The number of quaternary nitrogens is 1. The molecule has 1 heterocycles. The van der Waals surface area contributed by atoms with Gasteiger partial charge in [0.25, 0.3) is 5.91 Å². The number of benzene rings is 2. The number of carbonyl (C=O) groups excluding carboxylic acids is 1. The third-order valence-electron chi connectivity index (χ3n) is 5.17. The van der Waals surface area contributed by atoms with Crippen LogP contribution >= 0.6 is 0 Å². The van der Waals surface area contributed by atoms with E-state index in [1.54, 1.807) is 4.90 Å².